The van der Waals surface area contributed by atoms with Gasteiger partial charge in [-0.25, -0.2) is 9.69 Å². The topological polar surface area (TPSA) is 99.7 Å². The summed E-state index contributed by atoms with van der Waals surface area (Å²) in [6.07, 6.45) is 2.21. The summed E-state index contributed by atoms with van der Waals surface area (Å²) in [4.78, 5) is 24.6. The zero-order chi connectivity index (χ0) is 26.6. The normalized spacial score (nSPS) is 14.8. The molecule has 2 N–H and O–H groups in total. The van der Waals surface area contributed by atoms with Crippen LogP contribution in [0.4, 0.5) is 0 Å². The van der Waals surface area contributed by atoms with E-state index in [0.29, 0.717) is 6.42 Å². The summed E-state index contributed by atoms with van der Waals surface area (Å²) in [6, 6.07) is 25.1. The van der Waals surface area contributed by atoms with Gasteiger partial charge in [0.1, 0.15) is 12.2 Å². The average molecular weight is 510 g/mol. The number of para-hydroxylation sites is 1. The molecule has 3 aromatic carbocycles. The number of hydrogen-bond acceptors (Lipinski definition) is 5. The lowest BCUT2D eigenvalue weighted by Crippen LogP contribution is -2.27. The number of amides is 1. The molecule has 1 unspecified atom stereocenters. The van der Waals surface area contributed by atoms with Crippen molar-refractivity contribution in [2.75, 3.05) is 7.11 Å². The molecule has 0 spiro atoms. The Morgan fingerprint density at radius 3 is 2.29 bits per heavy atom. The maximum Gasteiger partial charge on any atom is 0.516 e. The molecule has 0 bridgehead atoms. The van der Waals surface area contributed by atoms with E-state index in [1.807, 2.05) is 96.7 Å². The molecule has 0 radical (unpaired) electrons. The Balaban J connectivity index is 1.59. The van der Waals surface area contributed by atoms with E-state index in [2.05, 4.69) is 0 Å². The SMILES string of the molecule is COc1ccc(C2=NN(C(=O)CCC(=O)[OH2+])C(c3cn(-c4ccccc4)nc3-c3ccc(C)cc3)C2)cc1. The molecule has 1 amide bonds. The third-order valence-corrected chi connectivity index (χ3v) is 6.60. The van der Waals surface area contributed by atoms with Crippen LogP contribution in [-0.2, 0) is 9.59 Å². The van der Waals surface area contributed by atoms with Gasteiger partial charge in [0.25, 0.3) is 0 Å². The molecule has 0 saturated carbocycles. The average Bonchev–Trinajstić information content (AvgIpc) is 3.58. The maximum absolute atomic E-state index is 13.3. The van der Waals surface area contributed by atoms with Crippen molar-refractivity contribution in [3.8, 4) is 22.7 Å². The maximum atomic E-state index is 13.3. The van der Waals surface area contributed by atoms with Crippen LogP contribution in [0.25, 0.3) is 16.9 Å². The Kier molecular flexibility index (Phi) is 7.04. The van der Waals surface area contributed by atoms with Gasteiger partial charge in [-0.3, -0.25) is 4.79 Å². The quantitative estimate of drug-likeness (QED) is 0.325. The van der Waals surface area contributed by atoms with Gasteiger partial charge in [0.05, 0.1) is 30.2 Å². The number of nitrogens with zero attached hydrogens (tertiary/aromatic N) is 4. The minimum absolute atomic E-state index is 0.0785. The van der Waals surface area contributed by atoms with Gasteiger partial charge in [-0.1, -0.05) is 48.0 Å². The molecule has 1 aromatic heterocycles. The first-order chi connectivity index (χ1) is 18.4. The van der Waals surface area contributed by atoms with E-state index in [1.54, 1.807) is 7.11 Å². The van der Waals surface area contributed by atoms with Crippen LogP contribution in [0, 0.1) is 6.92 Å². The Morgan fingerprint density at radius 1 is 0.947 bits per heavy atom. The van der Waals surface area contributed by atoms with Gasteiger partial charge in [0.2, 0.25) is 5.91 Å². The Hall–Kier alpha value is -4.72. The van der Waals surface area contributed by atoms with Crippen LogP contribution >= 0.6 is 0 Å². The second kappa shape index (κ2) is 10.7. The van der Waals surface area contributed by atoms with Crippen LogP contribution in [0.3, 0.4) is 0 Å². The molecule has 38 heavy (non-hydrogen) atoms. The van der Waals surface area contributed by atoms with Crippen molar-refractivity contribution in [3.63, 3.8) is 0 Å². The number of hydrogen-bond donors (Lipinski definition) is 0. The van der Waals surface area contributed by atoms with Gasteiger partial charge in [-0.05, 0) is 48.9 Å². The molecule has 0 aliphatic carbocycles. The highest BCUT2D eigenvalue weighted by Crippen LogP contribution is 2.39. The fraction of sp³-hybridized carbons (Fsp3) is 0.200. The number of carbonyl (C=O) groups is 2. The van der Waals surface area contributed by atoms with Gasteiger partial charge in [0, 0.05) is 35.0 Å². The van der Waals surface area contributed by atoms with Gasteiger partial charge >= 0.3 is 5.97 Å². The van der Waals surface area contributed by atoms with Gasteiger partial charge < -0.3 is 9.84 Å². The highest BCUT2D eigenvalue weighted by atomic mass is 16.5. The van der Waals surface area contributed by atoms with E-state index in [0.717, 1.165) is 45.1 Å². The standard InChI is InChI=1S/C30H28N4O4/c1-20-8-10-22(11-9-20)30-25(19-33(32-30)23-6-4-3-5-7-23)27-18-26(21-12-14-24(38-2)15-13-21)31-34(27)28(35)16-17-29(36)37/h3-15,19,27H,16-18H2,1-2H3,(H,36,37)/p+1. The third-order valence-electron chi connectivity index (χ3n) is 6.60. The number of rotatable bonds is 8. The highest BCUT2D eigenvalue weighted by molar-refractivity contribution is 6.03. The first-order valence-corrected chi connectivity index (χ1v) is 12.4. The third kappa shape index (κ3) is 5.20. The van der Waals surface area contributed by atoms with Crippen LogP contribution in [0.1, 0.15) is 42.0 Å². The van der Waals surface area contributed by atoms with Crippen LogP contribution in [0.5, 0.6) is 5.75 Å². The number of carbonyl (C=O) groups excluding carboxylic acids is 2. The molecular weight excluding hydrogens is 480 g/mol. The molecule has 1 atom stereocenters. The number of aryl methyl sites for hydroxylation is 1. The molecule has 1 aliphatic rings. The number of benzene rings is 3. The highest BCUT2D eigenvalue weighted by Gasteiger charge is 2.36. The van der Waals surface area contributed by atoms with E-state index in [1.165, 1.54) is 5.01 Å². The summed E-state index contributed by atoms with van der Waals surface area (Å²) in [6.45, 7) is 2.03. The minimum Gasteiger partial charge on any atom is -0.565 e. The molecule has 5 rings (SSSR count). The second-order valence-corrected chi connectivity index (χ2v) is 9.24. The number of hydrazone groups is 1. The van der Waals surface area contributed by atoms with E-state index in [9.17, 15) is 9.59 Å². The van der Waals surface area contributed by atoms with Crippen molar-refractivity contribution >= 4 is 17.6 Å². The van der Waals surface area contributed by atoms with Crippen molar-refractivity contribution in [1.29, 1.82) is 0 Å². The summed E-state index contributed by atoms with van der Waals surface area (Å²) < 4.78 is 7.11. The molecule has 1 aliphatic heterocycles. The summed E-state index contributed by atoms with van der Waals surface area (Å²) in [5, 5.41) is 18.4. The Labute approximate surface area is 220 Å². The van der Waals surface area contributed by atoms with Crippen molar-refractivity contribution in [2.24, 2.45) is 5.10 Å². The lowest BCUT2D eigenvalue weighted by molar-refractivity contribution is -0.141. The van der Waals surface area contributed by atoms with Crippen molar-refractivity contribution in [1.82, 2.24) is 14.8 Å². The molecule has 0 fully saturated rings. The predicted octanol–water partition coefficient (Wildman–Crippen LogP) is 4.57. The van der Waals surface area contributed by atoms with E-state index < -0.39 is 12.0 Å². The van der Waals surface area contributed by atoms with Crippen LogP contribution in [0.15, 0.2) is 90.2 Å². The summed E-state index contributed by atoms with van der Waals surface area (Å²) >= 11 is 0. The van der Waals surface area contributed by atoms with Gasteiger partial charge in [0.15, 0.2) is 0 Å². The minimum atomic E-state index is -0.773. The first-order valence-electron chi connectivity index (χ1n) is 12.4. The molecule has 4 aromatic rings. The van der Waals surface area contributed by atoms with Gasteiger partial charge in [-0.2, -0.15) is 10.2 Å². The van der Waals surface area contributed by atoms with Crippen molar-refractivity contribution in [2.45, 2.75) is 32.2 Å². The van der Waals surface area contributed by atoms with Crippen LogP contribution < -0.4 is 4.74 Å². The Bertz CT molecular complexity index is 1480. The zero-order valence-electron chi connectivity index (χ0n) is 21.3. The van der Waals surface area contributed by atoms with Crippen LogP contribution in [0.2, 0.25) is 0 Å². The van der Waals surface area contributed by atoms with Crippen molar-refractivity contribution in [3.05, 3.63) is 102 Å². The van der Waals surface area contributed by atoms with Gasteiger partial charge in [-0.15, -0.1) is 0 Å². The summed E-state index contributed by atoms with van der Waals surface area (Å²) in [5.74, 6) is -0.344. The predicted molar refractivity (Wildman–Crippen MR) is 145 cm³/mol. The lowest BCUT2D eigenvalue weighted by atomic mass is 9.96. The number of methoxy groups -OCH3 is 1. The summed E-state index contributed by atoms with van der Waals surface area (Å²) in [7, 11) is 1.61. The molecule has 2 heterocycles. The zero-order valence-corrected chi connectivity index (χ0v) is 21.3. The van der Waals surface area contributed by atoms with Crippen LogP contribution in [-0.4, -0.2) is 44.6 Å². The number of ether oxygens (including phenoxy) is 1. The number of aromatic nitrogens is 2. The molecule has 0 saturated heterocycles. The molecule has 192 valence electrons. The van der Waals surface area contributed by atoms with Crippen molar-refractivity contribution < 1.29 is 19.4 Å². The molecule has 8 nitrogen and oxygen atoms in total. The summed E-state index contributed by atoms with van der Waals surface area (Å²) in [5.41, 5.74) is 6.24. The Morgan fingerprint density at radius 2 is 1.63 bits per heavy atom. The fourth-order valence-corrected chi connectivity index (χ4v) is 4.56. The molecule has 8 heteroatoms. The monoisotopic (exact) mass is 509 g/mol. The largest absolute Gasteiger partial charge is 0.565 e. The molecular formula is C30H29N4O4+. The smallest absolute Gasteiger partial charge is 0.516 e. The first kappa shape index (κ1) is 25.0. The second-order valence-electron chi connectivity index (χ2n) is 9.24. The fourth-order valence-electron chi connectivity index (χ4n) is 4.56. The van der Waals surface area contributed by atoms with E-state index in [4.69, 9.17) is 20.0 Å². The van der Waals surface area contributed by atoms with E-state index >= 15 is 0 Å². The van der Waals surface area contributed by atoms with E-state index in [-0.39, 0.29) is 18.7 Å². The lowest BCUT2D eigenvalue weighted by Gasteiger charge is -2.21.